The van der Waals surface area contributed by atoms with Crippen LogP contribution in [0.25, 0.3) is 0 Å². The summed E-state index contributed by atoms with van der Waals surface area (Å²) in [5.41, 5.74) is 9.02. The summed E-state index contributed by atoms with van der Waals surface area (Å²) in [6.45, 7) is 3.61. The lowest BCUT2D eigenvalue weighted by molar-refractivity contribution is -0.135. The van der Waals surface area contributed by atoms with Gasteiger partial charge >= 0.3 is 0 Å². The summed E-state index contributed by atoms with van der Waals surface area (Å²) in [5.74, 6) is 0.437. The van der Waals surface area contributed by atoms with Gasteiger partial charge in [0.15, 0.2) is 0 Å². The highest BCUT2D eigenvalue weighted by molar-refractivity contribution is 5.84. The number of nitrogens with one attached hydrogen (secondary N) is 3. The number of benzene rings is 2. The standard InChI is InChI=1S/C30H38N4O3/c35-27(31-21-30(13-17-37-18-14-30)23-9-5-2-6-10-23)24-20-29(24)11-15-34(16-12-29)28(36)26-19-25(32-33-26)22-7-3-1-4-8-22/h1-10,24-26,32-33H,11-21H2,(H,31,35). The molecule has 6 rings (SSSR count). The first-order valence-corrected chi connectivity index (χ1v) is 13.8. The van der Waals surface area contributed by atoms with Gasteiger partial charge in [0.05, 0.1) is 0 Å². The second kappa shape index (κ2) is 10.2. The van der Waals surface area contributed by atoms with Gasteiger partial charge in [0, 0.05) is 50.2 Å². The van der Waals surface area contributed by atoms with Gasteiger partial charge in [-0.25, -0.2) is 10.9 Å². The van der Waals surface area contributed by atoms with E-state index in [1.165, 1.54) is 11.1 Å². The number of hydrazine groups is 1. The summed E-state index contributed by atoms with van der Waals surface area (Å²) in [5, 5.41) is 3.33. The fraction of sp³-hybridized carbons (Fsp3) is 0.533. The molecular weight excluding hydrogens is 464 g/mol. The van der Waals surface area contributed by atoms with E-state index in [9.17, 15) is 9.59 Å². The van der Waals surface area contributed by atoms with E-state index in [1.807, 2.05) is 29.2 Å². The Morgan fingerprint density at radius 2 is 1.59 bits per heavy atom. The smallest absolute Gasteiger partial charge is 0.241 e. The molecule has 37 heavy (non-hydrogen) atoms. The SMILES string of the molecule is O=C(NCC1(c2ccccc2)CCOCC1)C1CC12CCN(C(=O)C1CC(c3ccccc3)NN1)CC2. The predicted molar refractivity (Wildman–Crippen MR) is 141 cm³/mol. The first-order chi connectivity index (χ1) is 18.1. The van der Waals surface area contributed by atoms with Crippen molar-refractivity contribution in [2.75, 3.05) is 32.8 Å². The number of hydrogen-bond donors (Lipinski definition) is 3. The highest BCUT2D eigenvalue weighted by Gasteiger charge is 2.59. The minimum atomic E-state index is -0.203. The van der Waals surface area contributed by atoms with Gasteiger partial charge in [-0.05, 0) is 55.1 Å². The quantitative estimate of drug-likeness (QED) is 0.566. The van der Waals surface area contributed by atoms with Gasteiger partial charge in [-0.15, -0.1) is 0 Å². The van der Waals surface area contributed by atoms with Gasteiger partial charge in [-0.3, -0.25) is 9.59 Å². The Balaban J connectivity index is 1.00. The maximum absolute atomic E-state index is 13.2. The van der Waals surface area contributed by atoms with Crippen LogP contribution in [0.5, 0.6) is 0 Å². The maximum Gasteiger partial charge on any atom is 0.241 e. The fourth-order valence-corrected chi connectivity index (χ4v) is 6.79. The molecule has 3 N–H and O–H groups in total. The molecule has 3 saturated heterocycles. The Labute approximate surface area is 219 Å². The minimum absolute atomic E-state index is 0.0487. The number of piperidine rings is 1. The van der Waals surface area contributed by atoms with Crippen molar-refractivity contribution < 1.29 is 14.3 Å². The topological polar surface area (TPSA) is 82.7 Å². The molecule has 0 aromatic heterocycles. The number of ether oxygens (including phenoxy) is 1. The largest absolute Gasteiger partial charge is 0.381 e. The van der Waals surface area contributed by atoms with Crippen LogP contribution in [0.15, 0.2) is 60.7 Å². The third-order valence-electron chi connectivity index (χ3n) is 9.42. The van der Waals surface area contributed by atoms with E-state index in [1.54, 1.807) is 0 Å². The van der Waals surface area contributed by atoms with Gasteiger partial charge in [0.2, 0.25) is 11.8 Å². The van der Waals surface area contributed by atoms with Crippen LogP contribution in [0.2, 0.25) is 0 Å². The summed E-state index contributed by atoms with van der Waals surface area (Å²) < 4.78 is 5.64. The molecule has 0 bridgehead atoms. The Bertz CT molecular complexity index is 1090. The van der Waals surface area contributed by atoms with E-state index in [4.69, 9.17) is 4.74 Å². The summed E-state index contributed by atoms with van der Waals surface area (Å²) >= 11 is 0. The highest BCUT2D eigenvalue weighted by Crippen LogP contribution is 2.59. The van der Waals surface area contributed by atoms with E-state index >= 15 is 0 Å². The molecule has 3 atom stereocenters. The molecule has 7 nitrogen and oxygen atoms in total. The first-order valence-electron chi connectivity index (χ1n) is 13.8. The van der Waals surface area contributed by atoms with E-state index in [0.29, 0.717) is 6.54 Å². The Morgan fingerprint density at radius 1 is 0.919 bits per heavy atom. The lowest BCUT2D eigenvalue weighted by atomic mass is 9.74. The number of amides is 2. The number of hydrogen-bond acceptors (Lipinski definition) is 5. The molecule has 1 aliphatic carbocycles. The third-order valence-corrected chi connectivity index (χ3v) is 9.42. The van der Waals surface area contributed by atoms with Crippen LogP contribution in [0.1, 0.15) is 55.7 Å². The normalized spacial score (nSPS) is 28.1. The predicted octanol–water partition coefficient (Wildman–Crippen LogP) is 3.09. The van der Waals surface area contributed by atoms with Crippen LogP contribution in [0.3, 0.4) is 0 Å². The molecule has 0 radical (unpaired) electrons. The average molecular weight is 503 g/mol. The van der Waals surface area contributed by atoms with E-state index in [-0.39, 0.29) is 40.6 Å². The number of carbonyl (C=O) groups excluding carboxylic acids is 2. The van der Waals surface area contributed by atoms with E-state index in [2.05, 4.69) is 52.6 Å². The van der Waals surface area contributed by atoms with Crippen molar-refractivity contribution in [1.29, 1.82) is 0 Å². The van der Waals surface area contributed by atoms with Gasteiger partial charge in [-0.1, -0.05) is 60.7 Å². The maximum atomic E-state index is 13.2. The molecular formula is C30H38N4O3. The van der Waals surface area contributed by atoms with Crippen LogP contribution in [0.4, 0.5) is 0 Å². The molecule has 2 aromatic carbocycles. The van der Waals surface area contributed by atoms with Crippen LogP contribution >= 0.6 is 0 Å². The first kappa shape index (κ1) is 24.6. The number of carbonyl (C=O) groups is 2. The Kier molecular flexibility index (Phi) is 6.78. The molecule has 196 valence electrons. The summed E-state index contributed by atoms with van der Waals surface area (Å²) in [7, 11) is 0. The second-order valence-corrected chi connectivity index (χ2v) is 11.5. The molecule has 1 saturated carbocycles. The lowest BCUT2D eigenvalue weighted by Gasteiger charge is -2.38. The van der Waals surface area contributed by atoms with Crippen molar-refractivity contribution in [2.45, 2.75) is 56.0 Å². The molecule has 4 aliphatic rings. The molecule has 4 fully saturated rings. The number of likely N-dealkylation sites (tertiary alicyclic amines) is 1. The van der Waals surface area contributed by atoms with Crippen molar-refractivity contribution >= 4 is 11.8 Å². The number of nitrogens with zero attached hydrogens (tertiary/aromatic N) is 1. The zero-order chi connectivity index (χ0) is 25.3. The van der Waals surface area contributed by atoms with Crippen LogP contribution in [0, 0.1) is 11.3 Å². The van der Waals surface area contributed by atoms with Crippen LogP contribution in [-0.2, 0) is 19.7 Å². The van der Waals surface area contributed by atoms with E-state index in [0.717, 1.165) is 64.8 Å². The van der Waals surface area contributed by atoms with Gasteiger partial charge < -0.3 is 15.0 Å². The Hall–Kier alpha value is -2.74. The third kappa shape index (κ3) is 4.92. The fourth-order valence-electron chi connectivity index (χ4n) is 6.79. The Morgan fingerprint density at radius 3 is 2.30 bits per heavy atom. The summed E-state index contributed by atoms with van der Waals surface area (Å²) in [4.78, 5) is 28.5. The number of rotatable bonds is 6. The lowest BCUT2D eigenvalue weighted by Crippen LogP contribution is -2.49. The van der Waals surface area contributed by atoms with Crippen molar-refractivity contribution in [3.63, 3.8) is 0 Å². The molecule has 2 amide bonds. The molecule has 3 heterocycles. The molecule has 3 unspecified atom stereocenters. The highest BCUT2D eigenvalue weighted by atomic mass is 16.5. The van der Waals surface area contributed by atoms with E-state index < -0.39 is 0 Å². The van der Waals surface area contributed by atoms with Gasteiger partial charge in [-0.2, -0.15) is 0 Å². The molecule has 1 spiro atoms. The van der Waals surface area contributed by atoms with Crippen molar-refractivity contribution in [2.24, 2.45) is 11.3 Å². The minimum Gasteiger partial charge on any atom is -0.381 e. The van der Waals surface area contributed by atoms with Crippen molar-refractivity contribution in [1.82, 2.24) is 21.1 Å². The van der Waals surface area contributed by atoms with Crippen LogP contribution in [-0.4, -0.2) is 55.6 Å². The zero-order valence-corrected chi connectivity index (χ0v) is 21.5. The van der Waals surface area contributed by atoms with Gasteiger partial charge in [0.25, 0.3) is 0 Å². The molecule has 3 aliphatic heterocycles. The van der Waals surface area contributed by atoms with Crippen LogP contribution < -0.4 is 16.2 Å². The average Bonchev–Trinajstić information content (AvgIpc) is 3.42. The van der Waals surface area contributed by atoms with Crippen molar-refractivity contribution in [3.8, 4) is 0 Å². The van der Waals surface area contributed by atoms with Crippen molar-refractivity contribution in [3.05, 3.63) is 71.8 Å². The molecule has 7 heteroatoms. The summed E-state index contributed by atoms with van der Waals surface area (Å²) in [6, 6.07) is 20.8. The second-order valence-electron chi connectivity index (χ2n) is 11.5. The monoisotopic (exact) mass is 502 g/mol. The zero-order valence-electron chi connectivity index (χ0n) is 21.5. The summed E-state index contributed by atoms with van der Waals surface area (Å²) in [6.07, 6.45) is 5.39. The molecule has 2 aromatic rings. The van der Waals surface area contributed by atoms with Gasteiger partial charge in [0.1, 0.15) is 6.04 Å².